The molecule has 2 heterocycles. The number of furan rings is 1. The van der Waals surface area contributed by atoms with Crippen LogP contribution >= 0.6 is 0 Å². The smallest absolute Gasteiger partial charge is 0.338 e. The zero-order valence-electron chi connectivity index (χ0n) is 9.51. The van der Waals surface area contributed by atoms with Crippen molar-refractivity contribution in [2.75, 3.05) is 0 Å². The second-order valence-corrected chi connectivity index (χ2v) is 3.73. The molecule has 2 aromatic rings. The number of nitrogens with zero attached hydrogens (tertiary/aromatic N) is 1. The molecule has 0 saturated carbocycles. The number of hydrogen-bond acceptors (Lipinski definition) is 4. The average molecular weight is 249 g/mol. The number of amides is 1. The summed E-state index contributed by atoms with van der Waals surface area (Å²) in [6.45, 7) is 1.78. The monoisotopic (exact) mass is 249 g/mol. The molecule has 18 heavy (non-hydrogen) atoms. The third-order valence-corrected chi connectivity index (χ3v) is 2.44. The van der Waals surface area contributed by atoms with Crippen LogP contribution in [0.4, 0.5) is 0 Å². The molecule has 0 aliphatic rings. The number of carbonyl (C=O) groups excluding carboxylic acids is 1. The Morgan fingerprint density at radius 2 is 2.33 bits per heavy atom. The van der Waals surface area contributed by atoms with Crippen molar-refractivity contribution in [3.63, 3.8) is 0 Å². The van der Waals surface area contributed by atoms with Crippen LogP contribution in [0.1, 0.15) is 39.4 Å². The first kappa shape index (κ1) is 11.9. The Labute approximate surface area is 102 Å². The van der Waals surface area contributed by atoms with Crippen LogP contribution < -0.4 is 5.32 Å². The average Bonchev–Trinajstić information content (AvgIpc) is 3.00. The van der Waals surface area contributed by atoms with Crippen molar-refractivity contribution in [1.82, 2.24) is 15.5 Å². The molecule has 0 radical (unpaired) electrons. The minimum Gasteiger partial charge on any atom is -0.478 e. The van der Waals surface area contributed by atoms with Crippen molar-refractivity contribution in [1.29, 1.82) is 0 Å². The maximum atomic E-state index is 11.8. The van der Waals surface area contributed by atoms with Crippen LogP contribution in [0.2, 0.25) is 0 Å². The quantitative estimate of drug-likeness (QED) is 0.754. The minimum atomic E-state index is -1.14. The molecule has 1 unspecified atom stereocenters. The SMILES string of the molecule is CC(NC(=O)c1cc(C(=O)O)co1)c1cn[nH]c1. The first-order valence-corrected chi connectivity index (χ1v) is 5.19. The van der Waals surface area contributed by atoms with Gasteiger partial charge < -0.3 is 14.8 Å². The number of carboxylic acid groups (broad SMARTS) is 1. The van der Waals surface area contributed by atoms with Crippen LogP contribution in [-0.4, -0.2) is 27.2 Å². The molecule has 2 rings (SSSR count). The highest BCUT2D eigenvalue weighted by atomic mass is 16.4. The van der Waals surface area contributed by atoms with Gasteiger partial charge >= 0.3 is 5.97 Å². The number of aromatic carboxylic acids is 1. The van der Waals surface area contributed by atoms with Crippen molar-refractivity contribution in [3.8, 4) is 0 Å². The van der Waals surface area contributed by atoms with E-state index in [0.717, 1.165) is 11.8 Å². The molecule has 7 nitrogen and oxygen atoms in total. The lowest BCUT2D eigenvalue weighted by Gasteiger charge is -2.10. The van der Waals surface area contributed by atoms with E-state index in [1.807, 2.05) is 0 Å². The summed E-state index contributed by atoms with van der Waals surface area (Å²) in [5.74, 6) is -1.65. The Balaban J connectivity index is 2.05. The van der Waals surface area contributed by atoms with E-state index in [0.29, 0.717) is 0 Å². The topological polar surface area (TPSA) is 108 Å². The van der Waals surface area contributed by atoms with Gasteiger partial charge in [-0.1, -0.05) is 0 Å². The Hall–Kier alpha value is -2.57. The lowest BCUT2D eigenvalue weighted by molar-refractivity contribution is 0.0695. The number of carbonyl (C=O) groups is 2. The van der Waals surface area contributed by atoms with Crippen molar-refractivity contribution >= 4 is 11.9 Å². The van der Waals surface area contributed by atoms with E-state index in [1.165, 1.54) is 6.07 Å². The van der Waals surface area contributed by atoms with Crippen LogP contribution in [0.3, 0.4) is 0 Å². The van der Waals surface area contributed by atoms with Gasteiger partial charge in [0.2, 0.25) is 0 Å². The van der Waals surface area contributed by atoms with E-state index in [2.05, 4.69) is 15.5 Å². The number of aromatic amines is 1. The molecular weight excluding hydrogens is 238 g/mol. The number of rotatable bonds is 4. The highest BCUT2D eigenvalue weighted by Gasteiger charge is 2.17. The van der Waals surface area contributed by atoms with Crippen LogP contribution in [0.5, 0.6) is 0 Å². The summed E-state index contributed by atoms with van der Waals surface area (Å²) in [5, 5.41) is 17.8. The predicted molar refractivity (Wildman–Crippen MR) is 60.1 cm³/mol. The largest absolute Gasteiger partial charge is 0.478 e. The third kappa shape index (κ3) is 2.40. The van der Waals surface area contributed by atoms with Gasteiger partial charge in [-0.15, -0.1) is 0 Å². The fourth-order valence-electron chi connectivity index (χ4n) is 1.42. The van der Waals surface area contributed by atoms with Gasteiger partial charge in [0.05, 0.1) is 17.8 Å². The molecule has 1 atom stereocenters. The number of aromatic nitrogens is 2. The Morgan fingerprint density at radius 3 is 2.89 bits per heavy atom. The minimum absolute atomic E-state index is 0.0391. The molecule has 0 aliphatic carbocycles. The molecule has 0 saturated heterocycles. The van der Waals surface area contributed by atoms with Gasteiger partial charge in [0, 0.05) is 17.8 Å². The van der Waals surface area contributed by atoms with Crippen molar-refractivity contribution < 1.29 is 19.1 Å². The molecule has 0 aromatic carbocycles. The summed E-state index contributed by atoms with van der Waals surface area (Å²) in [6, 6.07) is 0.925. The summed E-state index contributed by atoms with van der Waals surface area (Å²) in [4.78, 5) is 22.4. The van der Waals surface area contributed by atoms with Crippen LogP contribution in [0.25, 0.3) is 0 Å². The Kier molecular flexibility index (Phi) is 3.13. The summed E-state index contributed by atoms with van der Waals surface area (Å²) in [5.41, 5.74) is 0.754. The van der Waals surface area contributed by atoms with Crippen molar-refractivity contribution in [3.05, 3.63) is 41.6 Å². The van der Waals surface area contributed by atoms with Gasteiger partial charge in [-0.2, -0.15) is 5.10 Å². The van der Waals surface area contributed by atoms with Crippen molar-refractivity contribution in [2.24, 2.45) is 0 Å². The van der Waals surface area contributed by atoms with E-state index < -0.39 is 11.9 Å². The number of hydrogen-bond donors (Lipinski definition) is 3. The van der Waals surface area contributed by atoms with Gasteiger partial charge in [0.1, 0.15) is 6.26 Å². The summed E-state index contributed by atoms with van der Waals surface area (Å²) in [6.07, 6.45) is 4.28. The number of nitrogens with one attached hydrogen (secondary N) is 2. The lowest BCUT2D eigenvalue weighted by Crippen LogP contribution is -2.26. The molecule has 94 valence electrons. The van der Waals surface area contributed by atoms with E-state index >= 15 is 0 Å². The molecule has 2 aromatic heterocycles. The first-order valence-electron chi connectivity index (χ1n) is 5.19. The van der Waals surface area contributed by atoms with E-state index in [1.54, 1.807) is 19.3 Å². The van der Waals surface area contributed by atoms with Gasteiger partial charge in [0.15, 0.2) is 5.76 Å². The standard InChI is InChI=1S/C11H11N3O4/c1-6(8-3-12-13-4-8)14-10(15)9-2-7(5-18-9)11(16)17/h2-6H,1H3,(H,12,13)(H,14,15)(H,16,17). The molecule has 0 bridgehead atoms. The number of H-pyrrole nitrogens is 1. The van der Waals surface area contributed by atoms with Gasteiger partial charge in [0.25, 0.3) is 5.91 Å². The maximum Gasteiger partial charge on any atom is 0.338 e. The zero-order chi connectivity index (χ0) is 13.1. The molecule has 0 aliphatic heterocycles. The molecular formula is C11H11N3O4. The van der Waals surface area contributed by atoms with E-state index in [9.17, 15) is 9.59 Å². The van der Waals surface area contributed by atoms with Gasteiger partial charge in [-0.05, 0) is 6.92 Å². The highest BCUT2D eigenvalue weighted by molar-refractivity contribution is 5.95. The summed E-state index contributed by atoms with van der Waals surface area (Å²) >= 11 is 0. The van der Waals surface area contributed by atoms with Gasteiger partial charge in [-0.3, -0.25) is 9.89 Å². The predicted octanol–water partition coefficient (Wildman–Crippen LogP) is 1.19. The third-order valence-electron chi connectivity index (χ3n) is 2.44. The van der Waals surface area contributed by atoms with E-state index in [-0.39, 0.29) is 17.4 Å². The van der Waals surface area contributed by atoms with E-state index in [4.69, 9.17) is 9.52 Å². The molecule has 0 fully saturated rings. The van der Waals surface area contributed by atoms with Crippen molar-refractivity contribution in [2.45, 2.75) is 13.0 Å². The Bertz CT molecular complexity index is 559. The second kappa shape index (κ2) is 4.74. The highest BCUT2D eigenvalue weighted by Crippen LogP contribution is 2.12. The number of carboxylic acids is 1. The second-order valence-electron chi connectivity index (χ2n) is 3.73. The Morgan fingerprint density at radius 1 is 1.56 bits per heavy atom. The summed E-state index contributed by atoms with van der Waals surface area (Å²) < 4.78 is 4.89. The molecule has 7 heteroatoms. The van der Waals surface area contributed by atoms with Crippen LogP contribution in [-0.2, 0) is 0 Å². The fraction of sp³-hybridized carbons (Fsp3) is 0.182. The molecule has 3 N–H and O–H groups in total. The van der Waals surface area contributed by atoms with Crippen LogP contribution in [0.15, 0.2) is 29.1 Å². The fourth-order valence-corrected chi connectivity index (χ4v) is 1.42. The summed E-state index contributed by atoms with van der Waals surface area (Å²) in [7, 11) is 0. The lowest BCUT2D eigenvalue weighted by atomic mass is 10.2. The van der Waals surface area contributed by atoms with Gasteiger partial charge in [-0.25, -0.2) is 4.79 Å². The van der Waals surface area contributed by atoms with Crippen LogP contribution in [0, 0.1) is 0 Å². The first-order chi connectivity index (χ1) is 8.58. The normalized spacial score (nSPS) is 12.1. The maximum absolute atomic E-state index is 11.8. The molecule has 0 spiro atoms. The zero-order valence-corrected chi connectivity index (χ0v) is 9.51. The molecule has 1 amide bonds.